The van der Waals surface area contributed by atoms with Crippen LogP contribution < -0.4 is 10.9 Å². The third kappa shape index (κ3) is 5.09. The molecule has 1 amide bonds. The van der Waals surface area contributed by atoms with E-state index in [1.54, 1.807) is 36.2 Å². The summed E-state index contributed by atoms with van der Waals surface area (Å²) in [6.07, 6.45) is 0.376. The Bertz CT molecular complexity index is 1390. The molecular weight excluding hydrogens is 454 g/mol. The number of nitrogens with one attached hydrogen (secondary N) is 1. The van der Waals surface area contributed by atoms with Gasteiger partial charge in [0.25, 0.3) is 5.56 Å². The fraction of sp³-hybridized carbons (Fsp3) is 0.318. The van der Waals surface area contributed by atoms with Gasteiger partial charge in [0.15, 0.2) is 21.5 Å². The molecule has 1 unspecified atom stereocenters. The maximum Gasteiger partial charge on any atom is 0.275 e. The number of nitrogens with zero attached hydrogens (tertiary/aromatic N) is 3. The first-order valence-corrected chi connectivity index (χ1v) is 12.1. The summed E-state index contributed by atoms with van der Waals surface area (Å²) in [4.78, 5) is 26.9. The van der Waals surface area contributed by atoms with E-state index in [9.17, 15) is 26.8 Å². The molecule has 11 heteroatoms. The summed E-state index contributed by atoms with van der Waals surface area (Å²) in [7, 11) is -1.50. The van der Waals surface area contributed by atoms with Crippen LogP contribution >= 0.6 is 0 Å². The van der Waals surface area contributed by atoms with E-state index in [0.29, 0.717) is 28.5 Å². The molecule has 0 saturated carbocycles. The van der Waals surface area contributed by atoms with Gasteiger partial charge in [-0.15, -0.1) is 0 Å². The van der Waals surface area contributed by atoms with E-state index in [2.05, 4.69) is 10.4 Å². The number of amides is 1. The summed E-state index contributed by atoms with van der Waals surface area (Å²) in [5.41, 5.74) is 0.214. The van der Waals surface area contributed by atoms with Crippen molar-refractivity contribution in [3.63, 3.8) is 0 Å². The number of benzene rings is 2. The lowest BCUT2D eigenvalue weighted by atomic mass is 10.0. The van der Waals surface area contributed by atoms with Gasteiger partial charge in [-0.3, -0.25) is 14.5 Å². The average Bonchev–Trinajstić information content (AvgIpc) is 3.10. The second-order valence-electron chi connectivity index (χ2n) is 8.15. The van der Waals surface area contributed by atoms with E-state index in [0.717, 1.165) is 16.8 Å². The van der Waals surface area contributed by atoms with Gasteiger partial charge in [-0.1, -0.05) is 18.2 Å². The Hall–Kier alpha value is -3.18. The number of carbonyl (C=O) groups is 1. The summed E-state index contributed by atoms with van der Waals surface area (Å²) in [6.45, 7) is -0.130. The molecule has 3 aromatic rings. The van der Waals surface area contributed by atoms with Gasteiger partial charge in [-0.25, -0.2) is 21.9 Å². The van der Waals surface area contributed by atoms with Crippen molar-refractivity contribution in [3.05, 3.63) is 64.5 Å². The summed E-state index contributed by atoms with van der Waals surface area (Å²) in [5, 5.41) is 7.91. The molecule has 0 aliphatic carbocycles. The van der Waals surface area contributed by atoms with Crippen LogP contribution in [-0.4, -0.2) is 60.1 Å². The van der Waals surface area contributed by atoms with Crippen molar-refractivity contribution in [2.45, 2.75) is 19.1 Å². The molecule has 1 aliphatic rings. The number of carbonyl (C=O) groups excluding carboxylic acids is 1. The van der Waals surface area contributed by atoms with E-state index in [4.69, 9.17) is 0 Å². The summed E-state index contributed by atoms with van der Waals surface area (Å²) in [5.74, 6) is -2.41. The number of fused-ring (bicyclic) bond motifs is 1. The maximum atomic E-state index is 13.9. The van der Waals surface area contributed by atoms with Gasteiger partial charge < -0.3 is 5.32 Å². The van der Waals surface area contributed by atoms with Gasteiger partial charge in [0.2, 0.25) is 5.91 Å². The first-order valence-electron chi connectivity index (χ1n) is 10.3. The lowest BCUT2D eigenvalue weighted by Crippen LogP contribution is -2.43. The molecule has 33 heavy (non-hydrogen) atoms. The number of aromatic nitrogens is 2. The predicted octanol–water partition coefficient (Wildman–Crippen LogP) is 1.53. The van der Waals surface area contributed by atoms with Crippen LogP contribution in [0.25, 0.3) is 22.0 Å². The van der Waals surface area contributed by atoms with Gasteiger partial charge >= 0.3 is 0 Å². The number of rotatable bonds is 6. The molecule has 0 spiro atoms. The SMILES string of the molecule is CN(CC(=O)NC1CCS(=O)(=O)C1)Cn1nc(-c2ccc(F)c(F)c2)c2ccccc2c1=O. The molecule has 8 nitrogen and oxygen atoms in total. The van der Waals surface area contributed by atoms with Gasteiger partial charge in [0, 0.05) is 17.0 Å². The zero-order chi connectivity index (χ0) is 23.8. The highest BCUT2D eigenvalue weighted by atomic mass is 32.2. The van der Waals surface area contributed by atoms with Crippen molar-refractivity contribution in [2.24, 2.45) is 0 Å². The number of halogens is 2. The molecule has 1 saturated heterocycles. The Balaban J connectivity index is 1.58. The van der Waals surface area contributed by atoms with Crippen LogP contribution in [0.4, 0.5) is 8.78 Å². The number of hydrogen-bond donors (Lipinski definition) is 1. The highest BCUT2D eigenvalue weighted by molar-refractivity contribution is 7.91. The van der Waals surface area contributed by atoms with Crippen molar-refractivity contribution >= 4 is 26.5 Å². The van der Waals surface area contributed by atoms with Crippen LogP contribution in [0.2, 0.25) is 0 Å². The quantitative estimate of drug-likeness (QED) is 0.579. The van der Waals surface area contributed by atoms with E-state index in [-0.39, 0.29) is 30.6 Å². The lowest BCUT2D eigenvalue weighted by Gasteiger charge is -2.19. The summed E-state index contributed by atoms with van der Waals surface area (Å²) < 4.78 is 51.6. The Morgan fingerprint density at radius 3 is 2.58 bits per heavy atom. The third-order valence-corrected chi connectivity index (χ3v) is 7.22. The Morgan fingerprint density at radius 1 is 1.18 bits per heavy atom. The highest BCUT2D eigenvalue weighted by Gasteiger charge is 2.29. The van der Waals surface area contributed by atoms with Crippen LogP contribution in [0, 0.1) is 11.6 Å². The van der Waals surface area contributed by atoms with E-state index >= 15 is 0 Å². The van der Waals surface area contributed by atoms with Gasteiger partial charge in [-0.05, 0) is 37.7 Å². The number of likely N-dealkylation sites (N-methyl/N-ethyl adjacent to an activating group) is 1. The van der Waals surface area contributed by atoms with E-state index in [1.807, 2.05) is 0 Å². The van der Waals surface area contributed by atoms with Crippen molar-refractivity contribution in [3.8, 4) is 11.3 Å². The first kappa shape index (κ1) is 23.0. The number of sulfone groups is 1. The van der Waals surface area contributed by atoms with E-state index in [1.165, 1.54) is 6.07 Å². The lowest BCUT2D eigenvalue weighted by molar-refractivity contribution is -0.122. The van der Waals surface area contributed by atoms with Gasteiger partial charge in [0.05, 0.1) is 35.8 Å². The zero-order valence-electron chi connectivity index (χ0n) is 17.8. The largest absolute Gasteiger partial charge is 0.351 e. The average molecular weight is 477 g/mol. The second-order valence-corrected chi connectivity index (χ2v) is 10.4. The molecular formula is C22H22F2N4O4S. The molecule has 4 rings (SSSR count). The fourth-order valence-electron chi connectivity index (χ4n) is 3.89. The molecule has 1 aliphatic heterocycles. The van der Waals surface area contributed by atoms with Crippen molar-refractivity contribution < 1.29 is 22.0 Å². The second kappa shape index (κ2) is 8.99. The Kier molecular flexibility index (Phi) is 6.26. The summed E-state index contributed by atoms with van der Waals surface area (Å²) >= 11 is 0. The molecule has 174 valence electrons. The maximum absolute atomic E-state index is 13.9. The molecule has 2 aromatic carbocycles. The number of hydrogen-bond acceptors (Lipinski definition) is 6. The normalized spacial score (nSPS) is 17.5. The Labute approximate surface area is 188 Å². The molecule has 1 fully saturated rings. The van der Waals surface area contributed by atoms with Crippen molar-refractivity contribution in [2.75, 3.05) is 25.1 Å². The van der Waals surface area contributed by atoms with Crippen LogP contribution in [-0.2, 0) is 21.3 Å². The molecule has 1 atom stereocenters. The topological polar surface area (TPSA) is 101 Å². The Morgan fingerprint density at radius 2 is 1.91 bits per heavy atom. The molecule has 2 heterocycles. The smallest absolute Gasteiger partial charge is 0.275 e. The zero-order valence-corrected chi connectivity index (χ0v) is 18.6. The molecule has 0 bridgehead atoms. The van der Waals surface area contributed by atoms with Crippen molar-refractivity contribution in [1.29, 1.82) is 0 Å². The summed E-state index contributed by atoms with van der Waals surface area (Å²) in [6, 6.07) is 9.69. The first-order chi connectivity index (χ1) is 15.6. The fourth-order valence-corrected chi connectivity index (χ4v) is 5.57. The standard InChI is InChI=1S/C22H22F2N4O4S/c1-27(11-20(29)25-15-8-9-33(31,32)12-15)13-28-22(30)17-5-3-2-4-16(17)21(26-28)14-6-7-18(23)19(24)10-14/h2-7,10,15H,8-9,11-13H2,1H3,(H,25,29). The van der Waals surface area contributed by atoms with Crippen LogP contribution in [0.1, 0.15) is 6.42 Å². The molecule has 1 aromatic heterocycles. The van der Waals surface area contributed by atoms with E-state index < -0.39 is 33.1 Å². The van der Waals surface area contributed by atoms with Crippen LogP contribution in [0.15, 0.2) is 47.3 Å². The molecule has 1 N–H and O–H groups in total. The highest BCUT2D eigenvalue weighted by Crippen LogP contribution is 2.26. The third-order valence-electron chi connectivity index (χ3n) is 5.45. The minimum atomic E-state index is -3.12. The van der Waals surface area contributed by atoms with Gasteiger partial charge in [0.1, 0.15) is 0 Å². The van der Waals surface area contributed by atoms with Gasteiger partial charge in [-0.2, -0.15) is 5.10 Å². The predicted molar refractivity (Wildman–Crippen MR) is 119 cm³/mol. The minimum Gasteiger partial charge on any atom is -0.351 e. The van der Waals surface area contributed by atoms with Crippen LogP contribution in [0.5, 0.6) is 0 Å². The minimum absolute atomic E-state index is 0.0449. The van der Waals surface area contributed by atoms with Crippen LogP contribution in [0.3, 0.4) is 0 Å². The monoisotopic (exact) mass is 476 g/mol. The van der Waals surface area contributed by atoms with Crippen molar-refractivity contribution in [1.82, 2.24) is 20.0 Å². The molecule has 0 radical (unpaired) electrons.